The van der Waals surface area contributed by atoms with Gasteiger partial charge in [0.15, 0.2) is 0 Å². The van der Waals surface area contributed by atoms with Crippen LogP contribution in [0.4, 0.5) is 0 Å². The van der Waals surface area contributed by atoms with E-state index in [4.69, 9.17) is 0 Å². The molecule has 0 saturated carbocycles. The Morgan fingerprint density at radius 2 is 2.28 bits per heavy atom. The minimum absolute atomic E-state index is 0.571. The van der Waals surface area contributed by atoms with Crippen LogP contribution in [0.25, 0.3) is 0 Å². The maximum absolute atomic E-state index is 3.60. The van der Waals surface area contributed by atoms with Gasteiger partial charge in [0.25, 0.3) is 0 Å². The van der Waals surface area contributed by atoms with Gasteiger partial charge in [0.2, 0.25) is 0 Å². The van der Waals surface area contributed by atoms with Crippen molar-refractivity contribution in [2.75, 3.05) is 26.7 Å². The molecule has 1 aliphatic rings. The zero-order valence-electron chi connectivity index (χ0n) is 10.9. The lowest BCUT2D eigenvalue weighted by Crippen LogP contribution is -2.28. The molecule has 2 rings (SSSR count). The van der Waals surface area contributed by atoms with E-state index in [0.29, 0.717) is 6.04 Å². The molecule has 0 aliphatic carbocycles. The zero-order chi connectivity index (χ0) is 13.1. The molecule has 0 amide bonds. The largest absolute Gasteiger partial charge is 0.316 e. The predicted molar refractivity (Wildman–Crippen MR) is 86.4 cm³/mol. The van der Waals surface area contributed by atoms with Crippen LogP contribution in [0, 0.1) is 5.92 Å². The summed E-state index contributed by atoms with van der Waals surface area (Å²) in [6.07, 6.45) is 2.51. The monoisotopic (exact) mass is 394 g/mol. The highest BCUT2D eigenvalue weighted by Gasteiger charge is 2.33. The molecule has 1 aromatic rings. The lowest BCUT2D eigenvalue weighted by Gasteiger charge is -2.24. The van der Waals surface area contributed by atoms with Crippen LogP contribution in [0.2, 0.25) is 0 Å². The van der Waals surface area contributed by atoms with Gasteiger partial charge in [-0.2, -0.15) is 0 Å². The van der Waals surface area contributed by atoms with Crippen molar-refractivity contribution in [2.24, 2.45) is 5.92 Å². The molecule has 1 N–H and O–H groups in total. The highest BCUT2D eigenvalue weighted by Crippen LogP contribution is 2.43. The Morgan fingerprint density at radius 1 is 1.50 bits per heavy atom. The first-order chi connectivity index (χ1) is 8.63. The molecule has 1 aliphatic heterocycles. The Labute approximate surface area is 130 Å². The Balaban J connectivity index is 2.07. The fourth-order valence-corrected chi connectivity index (χ4v) is 5.01. The number of hydrogen-bond acceptors (Lipinski definition) is 3. The van der Waals surface area contributed by atoms with Gasteiger partial charge in [-0.05, 0) is 83.4 Å². The average Bonchev–Trinajstić information content (AvgIpc) is 2.84. The van der Waals surface area contributed by atoms with Gasteiger partial charge in [-0.15, -0.1) is 11.3 Å². The summed E-state index contributed by atoms with van der Waals surface area (Å²) >= 11 is 9.06. The molecule has 1 fully saturated rings. The number of hydrogen-bond donors (Lipinski definition) is 1. The number of rotatable bonds is 5. The fourth-order valence-electron chi connectivity index (χ4n) is 2.66. The Bertz CT molecular complexity index is 375. The molecule has 18 heavy (non-hydrogen) atoms. The highest BCUT2D eigenvalue weighted by molar-refractivity contribution is 9.13. The van der Waals surface area contributed by atoms with Crippen molar-refractivity contribution in [1.29, 1.82) is 0 Å². The molecular weight excluding hydrogens is 376 g/mol. The molecule has 2 heterocycles. The second-order valence-electron chi connectivity index (χ2n) is 4.95. The Kier molecular flexibility index (Phi) is 5.69. The third kappa shape index (κ3) is 3.37. The SMILES string of the molecule is CCCNCC1CCN(C)C1c1cc(Br)c(Br)s1. The summed E-state index contributed by atoms with van der Waals surface area (Å²) in [6, 6.07) is 2.84. The third-order valence-electron chi connectivity index (χ3n) is 3.56. The van der Waals surface area contributed by atoms with Gasteiger partial charge in [0, 0.05) is 15.4 Å². The van der Waals surface area contributed by atoms with E-state index >= 15 is 0 Å². The lowest BCUT2D eigenvalue weighted by molar-refractivity contribution is 0.276. The molecule has 2 unspecified atom stereocenters. The Hall–Kier alpha value is 0.580. The van der Waals surface area contributed by atoms with E-state index in [1.165, 1.54) is 32.5 Å². The third-order valence-corrected chi connectivity index (χ3v) is 6.89. The summed E-state index contributed by atoms with van der Waals surface area (Å²) < 4.78 is 2.39. The van der Waals surface area contributed by atoms with Crippen LogP contribution in [-0.2, 0) is 0 Å². The molecule has 0 radical (unpaired) electrons. The number of halogens is 2. The Morgan fingerprint density at radius 3 is 2.89 bits per heavy atom. The van der Waals surface area contributed by atoms with Crippen molar-refractivity contribution in [3.05, 3.63) is 19.2 Å². The van der Waals surface area contributed by atoms with Crippen LogP contribution in [0.15, 0.2) is 14.3 Å². The first kappa shape index (κ1) is 15.0. The smallest absolute Gasteiger partial charge is 0.0843 e. The zero-order valence-corrected chi connectivity index (χ0v) is 14.9. The van der Waals surface area contributed by atoms with E-state index < -0.39 is 0 Å². The summed E-state index contributed by atoms with van der Waals surface area (Å²) in [6.45, 7) is 5.69. The van der Waals surface area contributed by atoms with E-state index in [9.17, 15) is 0 Å². The van der Waals surface area contributed by atoms with Crippen LogP contribution in [0.5, 0.6) is 0 Å². The standard InChI is InChI=1S/C13H20Br2N2S/c1-3-5-16-8-9-4-6-17(2)12(9)11-7-10(14)13(15)18-11/h7,9,12,16H,3-6,8H2,1-2H3. The van der Waals surface area contributed by atoms with Crippen LogP contribution in [0.3, 0.4) is 0 Å². The molecule has 0 bridgehead atoms. The molecule has 1 saturated heterocycles. The first-order valence-corrected chi connectivity index (χ1v) is 8.89. The van der Waals surface area contributed by atoms with Crippen molar-refractivity contribution in [1.82, 2.24) is 10.2 Å². The van der Waals surface area contributed by atoms with Crippen LogP contribution in [-0.4, -0.2) is 31.6 Å². The highest BCUT2D eigenvalue weighted by atomic mass is 79.9. The number of nitrogens with one attached hydrogen (secondary N) is 1. The van der Waals surface area contributed by atoms with Crippen molar-refractivity contribution >= 4 is 43.2 Å². The number of nitrogens with zero attached hydrogens (tertiary/aromatic N) is 1. The molecule has 2 nitrogen and oxygen atoms in total. The summed E-state index contributed by atoms with van der Waals surface area (Å²) in [5.74, 6) is 0.735. The molecule has 2 atom stereocenters. The second kappa shape index (κ2) is 6.84. The van der Waals surface area contributed by atoms with Gasteiger partial charge >= 0.3 is 0 Å². The van der Waals surface area contributed by atoms with Crippen LogP contribution < -0.4 is 5.32 Å². The van der Waals surface area contributed by atoms with Gasteiger partial charge in [-0.3, -0.25) is 4.90 Å². The first-order valence-electron chi connectivity index (χ1n) is 6.49. The summed E-state index contributed by atoms with van der Waals surface area (Å²) in [7, 11) is 2.24. The van der Waals surface area contributed by atoms with Gasteiger partial charge < -0.3 is 5.32 Å². The van der Waals surface area contributed by atoms with E-state index in [1.807, 2.05) is 11.3 Å². The minimum Gasteiger partial charge on any atom is -0.316 e. The maximum Gasteiger partial charge on any atom is 0.0843 e. The normalized spacial score (nSPS) is 24.9. The quantitative estimate of drug-likeness (QED) is 0.749. The van der Waals surface area contributed by atoms with Crippen molar-refractivity contribution in [2.45, 2.75) is 25.8 Å². The topological polar surface area (TPSA) is 15.3 Å². The molecule has 102 valence electrons. The van der Waals surface area contributed by atoms with Gasteiger partial charge in [-0.1, -0.05) is 6.92 Å². The van der Waals surface area contributed by atoms with Crippen LogP contribution in [0.1, 0.15) is 30.7 Å². The minimum atomic E-state index is 0.571. The fraction of sp³-hybridized carbons (Fsp3) is 0.692. The number of likely N-dealkylation sites (tertiary alicyclic amines) is 1. The van der Waals surface area contributed by atoms with Crippen LogP contribution >= 0.6 is 43.2 Å². The molecular formula is C13H20Br2N2S. The molecule has 0 spiro atoms. The molecule has 1 aromatic heterocycles. The molecule has 5 heteroatoms. The van der Waals surface area contributed by atoms with Gasteiger partial charge in [0.1, 0.15) is 0 Å². The second-order valence-corrected chi connectivity index (χ2v) is 8.20. The maximum atomic E-state index is 3.60. The van der Waals surface area contributed by atoms with Gasteiger partial charge in [-0.25, -0.2) is 0 Å². The predicted octanol–water partition coefficient (Wildman–Crippen LogP) is 4.27. The molecule has 0 aromatic carbocycles. The van der Waals surface area contributed by atoms with E-state index in [0.717, 1.165) is 19.0 Å². The number of thiophene rings is 1. The van der Waals surface area contributed by atoms with E-state index in [1.54, 1.807) is 0 Å². The lowest BCUT2D eigenvalue weighted by atomic mass is 9.99. The summed E-state index contributed by atoms with van der Waals surface area (Å²) in [4.78, 5) is 3.96. The van der Waals surface area contributed by atoms with E-state index in [-0.39, 0.29) is 0 Å². The van der Waals surface area contributed by atoms with Crippen molar-refractivity contribution in [3.8, 4) is 0 Å². The van der Waals surface area contributed by atoms with Crippen molar-refractivity contribution in [3.63, 3.8) is 0 Å². The summed E-state index contributed by atoms with van der Waals surface area (Å²) in [5, 5.41) is 3.57. The van der Waals surface area contributed by atoms with Gasteiger partial charge in [0.05, 0.1) is 3.79 Å². The summed E-state index contributed by atoms with van der Waals surface area (Å²) in [5.41, 5.74) is 0. The van der Waals surface area contributed by atoms with Crippen molar-refractivity contribution < 1.29 is 0 Å². The average molecular weight is 396 g/mol. The van der Waals surface area contributed by atoms with E-state index in [2.05, 4.69) is 62.1 Å².